The third-order valence-electron chi connectivity index (χ3n) is 3.12. The van der Waals surface area contributed by atoms with Gasteiger partial charge in [-0.2, -0.15) is 0 Å². The van der Waals surface area contributed by atoms with Crippen molar-refractivity contribution in [1.29, 1.82) is 0 Å². The monoisotopic (exact) mass is 303 g/mol. The fourth-order valence-corrected chi connectivity index (χ4v) is 4.17. The van der Waals surface area contributed by atoms with E-state index >= 15 is 0 Å². The zero-order chi connectivity index (χ0) is 11.9. The molecule has 0 fully saturated rings. The van der Waals surface area contributed by atoms with Gasteiger partial charge in [0.1, 0.15) is 5.82 Å². The van der Waals surface area contributed by atoms with Crippen LogP contribution in [0.4, 0.5) is 4.39 Å². The second kappa shape index (κ2) is 4.31. The topological polar surface area (TPSA) is 12.0 Å². The predicted molar refractivity (Wildman–Crippen MR) is 71.3 cm³/mol. The van der Waals surface area contributed by atoms with Crippen molar-refractivity contribution in [3.05, 3.63) is 33.5 Å². The molecule has 1 atom stereocenters. The normalized spacial score (nSPS) is 22.9. The molecule has 0 radical (unpaired) electrons. The average Bonchev–Trinajstić information content (AvgIpc) is 2.22. The Balaban J connectivity index is 2.55. The Labute approximate surface area is 108 Å². The molecule has 2 rings (SSSR count). The summed E-state index contributed by atoms with van der Waals surface area (Å²) in [6.45, 7) is 4.44. The van der Waals surface area contributed by atoms with Gasteiger partial charge < -0.3 is 5.32 Å². The molecule has 1 aliphatic heterocycles. The zero-order valence-corrected chi connectivity index (χ0v) is 12.0. The van der Waals surface area contributed by atoms with Crippen molar-refractivity contribution in [1.82, 2.24) is 5.32 Å². The molecule has 88 valence electrons. The third-order valence-corrected chi connectivity index (χ3v) is 5.39. The molecule has 0 aromatic heterocycles. The zero-order valence-electron chi connectivity index (χ0n) is 9.60. The molecule has 0 bridgehead atoms. The number of nitrogens with one attached hydrogen (secondary N) is 1. The minimum Gasteiger partial charge on any atom is -0.312 e. The van der Waals surface area contributed by atoms with Gasteiger partial charge in [0, 0.05) is 16.5 Å². The second-order valence-corrected chi connectivity index (χ2v) is 6.97. The number of rotatable bonds is 1. The summed E-state index contributed by atoms with van der Waals surface area (Å²) in [4.78, 5) is 0. The Morgan fingerprint density at radius 3 is 2.81 bits per heavy atom. The average molecular weight is 304 g/mol. The van der Waals surface area contributed by atoms with Crippen LogP contribution in [-0.4, -0.2) is 11.8 Å². The smallest absolute Gasteiger partial charge is 0.137 e. The largest absolute Gasteiger partial charge is 0.312 e. The highest BCUT2D eigenvalue weighted by atomic mass is 79.9. The Hall–Kier alpha value is -0.0600. The van der Waals surface area contributed by atoms with Crippen molar-refractivity contribution < 1.29 is 4.39 Å². The van der Waals surface area contributed by atoms with Gasteiger partial charge in [0.2, 0.25) is 0 Å². The van der Waals surface area contributed by atoms with E-state index in [1.807, 2.05) is 24.9 Å². The number of thioether (sulfide) groups is 1. The van der Waals surface area contributed by atoms with Gasteiger partial charge >= 0.3 is 0 Å². The van der Waals surface area contributed by atoms with Crippen LogP contribution in [0.1, 0.15) is 31.0 Å². The fraction of sp³-hybridized carbons (Fsp3) is 0.500. The summed E-state index contributed by atoms with van der Waals surface area (Å²) in [6, 6.07) is 3.70. The van der Waals surface area contributed by atoms with Gasteiger partial charge in [-0.05, 0) is 54.0 Å². The van der Waals surface area contributed by atoms with Crippen LogP contribution < -0.4 is 5.32 Å². The van der Waals surface area contributed by atoms with E-state index in [4.69, 9.17) is 0 Å². The van der Waals surface area contributed by atoms with Gasteiger partial charge in [0.05, 0.1) is 4.47 Å². The summed E-state index contributed by atoms with van der Waals surface area (Å²) in [7, 11) is 1.96. The van der Waals surface area contributed by atoms with E-state index in [1.165, 1.54) is 5.56 Å². The standard InChI is InChI=1S/C12H15BrFNS/c1-12(2)11(15-3)7-4-5-9(14)10(13)8(7)6-16-12/h4-5,11,15H,6H2,1-3H3. The lowest BCUT2D eigenvalue weighted by Crippen LogP contribution is -2.38. The summed E-state index contributed by atoms with van der Waals surface area (Å²) >= 11 is 5.20. The van der Waals surface area contributed by atoms with Crippen molar-refractivity contribution >= 4 is 27.7 Å². The summed E-state index contributed by atoms with van der Waals surface area (Å²) in [6.07, 6.45) is 0. The molecule has 4 heteroatoms. The highest BCUT2D eigenvalue weighted by molar-refractivity contribution is 9.10. The number of halogens is 2. The first-order valence-electron chi connectivity index (χ1n) is 5.25. The van der Waals surface area contributed by atoms with E-state index in [-0.39, 0.29) is 16.6 Å². The van der Waals surface area contributed by atoms with E-state index in [2.05, 4.69) is 35.1 Å². The fourth-order valence-electron chi connectivity index (χ4n) is 2.24. The van der Waals surface area contributed by atoms with Crippen molar-refractivity contribution in [2.24, 2.45) is 0 Å². The number of hydrogen-bond donors (Lipinski definition) is 1. The van der Waals surface area contributed by atoms with E-state index in [0.717, 1.165) is 11.3 Å². The quantitative estimate of drug-likeness (QED) is 0.845. The summed E-state index contributed by atoms with van der Waals surface area (Å²) in [5.41, 5.74) is 2.29. The van der Waals surface area contributed by atoms with Gasteiger partial charge in [-0.25, -0.2) is 4.39 Å². The van der Waals surface area contributed by atoms with Crippen LogP contribution in [0.15, 0.2) is 16.6 Å². The molecule has 1 unspecified atom stereocenters. The van der Waals surface area contributed by atoms with Crippen LogP contribution in [0.2, 0.25) is 0 Å². The minimum atomic E-state index is -0.172. The maximum atomic E-state index is 13.5. The Kier molecular flexibility index (Phi) is 3.34. The molecule has 0 aliphatic carbocycles. The third kappa shape index (κ3) is 1.91. The molecule has 1 aliphatic rings. The van der Waals surface area contributed by atoms with E-state index in [9.17, 15) is 4.39 Å². The molecule has 0 saturated heterocycles. The molecule has 0 saturated carbocycles. The Morgan fingerprint density at radius 2 is 2.19 bits per heavy atom. The molecule has 1 N–H and O–H groups in total. The van der Waals surface area contributed by atoms with Crippen LogP contribution >= 0.6 is 27.7 Å². The first-order valence-corrected chi connectivity index (χ1v) is 7.03. The first-order chi connectivity index (χ1) is 7.47. The van der Waals surface area contributed by atoms with Crippen LogP contribution in [0.5, 0.6) is 0 Å². The lowest BCUT2D eigenvalue weighted by molar-refractivity contribution is 0.472. The van der Waals surface area contributed by atoms with Gasteiger partial charge in [-0.15, -0.1) is 11.8 Å². The first kappa shape index (κ1) is 12.4. The van der Waals surface area contributed by atoms with Gasteiger partial charge in [-0.3, -0.25) is 0 Å². The minimum absolute atomic E-state index is 0.138. The molecular weight excluding hydrogens is 289 g/mol. The van der Waals surface area contributed by atoms with E-state index in [0.29, 0.717) is 4.47 Å². The predicted octanol–water partition coefficient (Wildman–Crippen LogP) is 3.87. The molecule has 0 amide bonds. The summed E-state index contributed by atoms with van der Waals surface area (Å²) < 4.78 is 14.2. The SMILES string of the molecule is CNC1c2ccc(F)c(Br)c2CSC1(C)C. The molecule has 1 heterocycles. The van der Waals surface area contributed by atoms with E-state index in [1.54, 1.807) is 6.07 Å². The molecule has 1 aromatic carbocycles. The Bertz CT molecular complexity index is 420. The molecular formula is C12H15BrFNS. The number of fused-ring (bicyclic) bond motifs is 1. The molecule has 1 nitrogen and oxygen atoms in total. The number of hydrogen-bond acceptors (Lipinski definition) is 2. The van der Waals surface area contributed by atoms with E-state index < -0.39 is 0 Å². The Morgan fingerprint density at radius 1 is 1.50 bits per heavy atom. The second-order valence-electron chi connectivity index (χ2n) is 4.54. The summed E-state index contributed by atoms with van der Waals surface area (Å²) in [5.74, 6) is 0.688. The lowest BCUT2D eigenvalue weighted by atomic mass is 9.91. The van der Waals surface area contributed by atoms with Gasteiger partial charge in [-0.1, -0.05) is 6.07 Å². The molecule has 1 aromatic rings. The van der Waals surface area contributed by atoms with Crippen molar-refractivity contribution in [2.75, 3.05) is 7.05 Å². The van der Waals surface area contributed by atoms with Crippen molar-refractivity contribution in [2.45, 2.75) is 30.4 Å². The van der Waals surface area contributed by atoms with Crippen LogP contribution in [0, 0.1) is 5.82 Å². The van der Waals surface area contributed by atoms with Crippen LogP contribution in [-0.2, 0) is 5.75 Å². The van der Waals surface area contributed by atoms with Crippen molar-refractivity contribution in [3.63, 3.8) is 0 Å². The highest BCUT2D eigenvalue weighted by Gasteiger charge is 2.36. The van der Waals surface area contributed by atoms with Crippen LogP contribution in [0.3, 0.4) is 0 Å². The molecule has 16 heavy (non-hydrogen) atoms. The maximum Gasteiger partial charge on any atom is 0.137 e. The maximum absolute atomic E-state index is 13.5. The summed E-state index contributed by atoms with van der Waals surface area (Å²) in [5, 5.41) is 3.33. The van der Waals surface area contributed by atoms with Gasteiger partial charge in [0.15, 0.2) is 0 Å². The highest BCUT2D eigenvalue weighted by Crippen LogP contribution is 2.47. The molecule has 0 spiro atoms. The van der Waals surface area contributed by atoms with Crippen LogP contribution in [0.25, 0.3) is 0 Å². The van der Waals surface area contributed by atoms with Crippen molar-refractivity contribution in [3.8, 4) is 0 Å². The lowest BCUT2D eigenvalue weighted by Gasteiger charge is -2.39. The van der Waals surface area contributed by atoms with Gasteiger partial charge in [0.25, 0.3) is 0 Å². The number of benzene rings is 1.